The highest BCUT2D eigenvalue weighted by Crippen LogP contribution is 2.17. The number of nitriles is 1. The average Bonchev–Trinajstić information content (AvgIpc) is 3.20. The highest BCUT2D eigenvalue weighted by Gasteiger charge is 2.30. The Hall–Kier alpha value is -3.99. The van der Waals surface area contributed by atoms with Crippen molar-refractivity contribution in [3.63, 3.8) is 0 Å². The summed E-state index contributed by atoms with van der Waals surface area (Å²) in [5.74, 6) is -2.36. The number of nitrogens with zero attached hydrogens (tertiary/aromatic N) is 4. The van der Waals surface area contributed by atoms with E-state index in [1.54, 1.807) is 42.5 Å². The first-order chi connectivity index (χ1) is 13.1. The summed E-state index contributed by atoms with van der Waals surface area (Å²) in [4.78, 5) is 24.9. The van der Waals surface area contributed by atoms with Crippen molar-refractivity contribution in [2.45, 2.75) is 0 Å². The number of rotatable bonds is 6. The molecule has 3 rings (SSSR count). The standard InChI is InChI=1S/C19H15N5O3/c1-27-15-9-7-13(8-10-15)21-19(26)16(11-20)18(25)17-12-24(23-22-17)14-5-3-2-4-6-14/h2-10,12,16H,1H3,(H,21,26). The molecule has 1 aromatic heterocycles. The smallest absolute Gasteiger partial charge is 0.249 e. The van der Waals surface area contributed by atoms with E-state index in [0.29, 0.717) is 17.1 Å². The molecule has 0 bridgehead atoms. The number of nitrogens with one attached hydrogen (secondary N) is 1. The van der Waals surface area contributed by atoms with E-state index in [1.807, 2.05) is 18.2 Å². The van der Waals surface area contributed by atoms with E-state index >= 15 is 0 Å². The van der Waals surface area contributed by atoms with E-state index in [0.717, 1.165) is 0 Å². The minimum Gasteiger partial charge on any atom is -0.497 e. The maximum atomic E-state index is 12.5. The molecule has 0 fully saturated rings. The van der Waals surface area contributed by atoms with E-state index in [4.69, 9.17) is 4.74 Å². The van der Waals surface area contributed by atoms with Gasteiger partial charge in [0, 0.05) is 5.69 Å². The number of anilines is 1. The summed E-state index contributed by atoms with van der Waals surface area (Å²) >= 11 is 0. The van der Waals surface area contributed by atoms with Crippen LogP contribution in [0.1, 0.15) is 10.5 Å². The molecule has 2 aromatic carbocycles. The Morgan fingerprint density at radius 1 is 1.15 bits per heavy atom. The van der Waals surface area contributed by atoms with Crippen molar-refractivity contribution in [3.8, 4) is 17.5 Å². The molecule has 0 aliphatic rings. The summed E-state index contributed by atoms with van der Waals surface area (Å²) in [7, 11) is 1.53. The zero-order valence-corrected chi connectivity index (χ0v) is 14.4. The van der Waals surface area contributed by atoms with E-state index in [2.05, 4.69) is 15.6 Å². The first-order valence-corrected chi connectivity index (χ1v) is 7.99. The van der Waals surface area contributed by atoms with Gasteiger partial charge in [-0.1, -0.05) is 23.4 Å². The van der Waals surface area contributed by atoms with Crippen LogP contribution in [0.5, 0.6) is 5.75 Å². The topological polar surface area (TPSA) is 110 Å². The van der Waals surface area contributed by atoms with Crippen molar-refractivity contribution in [2.75, 3.05) is 12.4 Å². The van der Waals surface area contributed by atoms with E-state index in [9.17, 15) is 14.9 Å². The fourth-order valence-corrected chi connectivity index (χ4v) is 2.36. The van der Waals surface area contributed by atoms with Gasteiger partial charge in [-0.15, -0.1) is 5.10 Å². The van der Waals surface area contributed by atoms with Gasteiger partial charge in [0.2, 0.25) is 11.7 Å². The molecule has 134 valence electrons. The summed E-state index contributed by atoms with van der Waals surface area (Å²) < 4.78 is 6.45. The number of ether oxygens (including phenoxy) is 1. The molecule has 1 unspecified atom stereocenters. The number of carbonyl (C=O) groups is 2. The lowest BCUT2D eigenvalue weighted by molar-refractivity contribution is -0.117. The van der Waals surface area contributed by atoms with Crippen LogP contribution in [0, 0.1) is 17.2 Å². The van der Waals surface area contributed by atoms with Gasteiger partial charge in [-0.25, -0.2) is 4.68 Å². The largest absolute Gasteiger partial charge is 0.497 e. The molecule has 1 N–H and O–H groups in total. The Labute approximate surface area is 155 Å². The SMILES string of the molecule is COc1ccc(NC(=O)C(C#N)C(=O)c2cn(-c3ccccc3)nn2)cc1. The molecule has 0 aliphatic carbocycles. The monoisotopic (exact) mass is 361 g/mol. The number of para-hydroxylation sites is 1. The predicted molar refractivity (Wildman–Crippen MR) is 96.4 cm³/mol. The zero-order chi connectivity index (χ0) is 19.2. The molecule has 3 aromatic rings. The van der Waals surface area contributed by atoms with E-state index < -0.39 is 17.6 Å². The van der Waals surface area contributed by atoms with Crippen LogP contribution >= 0.6 is 0 Å². The fraction of sp³-hybridized carbons (Fsp3) is 0.105. The van der Waals surface area contributed by atoms with Gasteiger partial charge >= 0.3 is 0 Å². The van der Waals surface area contributed by atoms with Gasteiger partial charge in [0.25, 0.3) is 0 Å². The molecule has 0 saturated heterocycles. The van der Waals surface area contributed by atoms with Crippen LogP contribution in [0.3, 0.4) is 0 Å². The third kappa shape index (κ3) is 3.99. The Bertz CT molecular complexity index is 990. The van der Waals surface area contributed by atoms with Crippen molar-refractivity contribution in [3.05, 3.63) is 66.5 Å². The quantitative estimate of drug-likeness (QED) is 0.532. The lowest BCUT2D eigenvalue weighted by Gasteiger charge is -2.09. The summed E-state index contributed by atoms with van der Waals surface area (Å²) in [6.07, 6.45) is 1.39. The third-order valence-electron chi connectivity index (χ3n) is 3.78. The highest BCUT2D eigenvalue weighted by atomic mass is 16.5. The fourth-order valence-electron chi connectivity index (χ4n) is 2.36. The van der Waals surface area contributed by atoms with Crippen LogP contribution in [0.15, 0.2) is 60.8 Å². The second kappa shape index (κ2) is 7.93. The number of Topliss-reactive ketones (excluding diaryl/α,β-unsaturated/α-hetero) is 1. The predicted octanol–water partition coefficient (Wildman–Crippen LogP) is 2.24. The number of ketones is 1. The minimum atomic E-state index is -1.53. The molecule has 0 saturated carbocycles. The van der Waals surface area contributed by atoms with Gasteiger partial charge in [0.05, 0.1) is 25.1 Å². The van der Waals surface area contributed by atoms with Crippen molar-refractivity contribution >= 4 is 17.4 Å². The van der Waals surface area contributed by atoms with Crippen LogP contribution in [0.2, 0.25) is 0 Å². The Morgan fingerprint density at radius 2 is 1.85 bits per heavy atom. The molecule has 8 nitrogen and oxygen atoms in total. The van der Waals surface area contributed by atoms with Crippen molar-refractivity contribution < 1.29 is 14.3 Å². The summed E-state index contributed by atoms with van der Waals surface area (Å²) in [6, 6.07) is 17.3. The lowest BCUT2D eigenvalue weighted by Crippen LogP contribution is -2.29. The number of aromatic nitrogens is 3. The molecular weight excluding hydrogens is 346 g/mol. The van der Waals surface area contributed by atoms with Crippen molar-refractivity contribution in [2.24, 2.45) is 5.92 Å². The maximum absolute atomic E-state index is 12.5. The average molecular weight is 361 g/mol. The van der Waals surface area contributed by atoms with Crippen LogP contribution in [0.25, 0.3) is 5.69 Å². The number of hydrogen-bond donors (Lipinski definition) is 1. The van der Waals surface area contributed by atoms with Crippen LogP contribution in [0.4, 0.5) is 5.69 Å². The molecule has 0 spiro atoms. The van der Waals surface area contributed by atoms with Gasteiger partial charge in [-0.2, -0.15) is 5.26 Å². The van der Waals surface area contributed by atoms with Crippen LogP contribution in [-0.4, -0.2) is 33.8 Å². The van der Waals surface area contributed by atoms with Crippen molar-refractivity contribution in [1.82, 2.24) is 15.0 Å². The zero-order valence-electron chi connectivity index (χ0n) is 14.4. The van der Waals surface area contributed by atoms with E-state index in [-0.39, 0.29) is 5.69 Å². The summed E-state index contributed by atoms with van der Waals surface area (Å²) in [6.45, 7) is 0. The van der Waals surface area contributed by atoms with Gasteiger partial charge < -0.3 is 10.1 Å². The maximum Gasteiger partial charge on any atom is 0.249 e. The number of hydrogen-bond acceptors (Lipinski definition) is 6. The van der Waals surface area contributed by atoms with Gasteiger partial charge in [0.15, 0.2) is 11.6 Å². The highest BCUT2D eigenvalue weighted by molar-refractivity contribution is 6.14. The third-order valence-corrected chi connectivity index (χ3v) is 3.78. The Kier molecular flexibility index (Phi) is 5.23. The molecule has 0 radical (unpaired) electrons. The number of carbonyl (C=O) groups excluding carboxylic acids is 2. The molecule has 1 heterocycles. The first-order valence-electron chi connectivity index (χ1n) is 7.99. The molecule has 1 atom stereocenters. The molecule has 0 aliphatic heterocycles. The Balaban J connectivity index is 1.74. The normalized spacial score (nSPS) is 11.3. The van der Waals surface area contributed by atoms with E-state index in [1.165, 1.54) is 18.0 Å². The molecule has 8 heteroatoms. The number of methoxy groups -OCH3 is 1. The van der Waals surface area contributed by atoms with Crippen LogP contribution in [-0.2, 0) is 4.79 Å². The number of amides is 1. The lowest BCUT2D eigenvalue weighted by atomic mass is 10.0. The number of benzene rings is 2. The molecule has 1 amide bonds. The molecular formula is C19H15N5O3. The first kappa shape index (κ1) is 17.8. The summed E-state index contributed by atoms with van der Waals surface area (Å²) in [5, 5.41) is 19.5. The van der Waals surface area contributed by atoms with Gasteiger partial charge in [-0.3, -0.25) is 9.59 Å². The second-order valence-electron chi connectivity index (χ2n) is 5.53. The Morgan fingerprint density at radius 3 is 2.48 bits per heavy atom. The molecule has 27 heavy (non-hydrogen) atoms. The van der Waals surface area contributed by atoms with Crippen LogP contribution < -0.4 is 10.1 Å². The summed E-state index contributed by atoms with van der Waals surface area (Å²) in [5.41, 5.74) is 1.09. The second-order valence-corrected chi connectivity index (χ2v) is 5.53. The van der Waals surface area contributed by atoms with Gasteiger partial charge in [-0.05, 0) is 36.4 Å². The van der Waals surface area contributed by atoms with Gasteiger partial charge in [0.1, 0.15) is 5.75 Å². The minimum absolute atomic E-state index is 0.0599. The van der Waals surface area contributed by atoms with Crippen molar-refractivity contribution in [1.29, 1.82) is 5.26 Å².